The number of aryl methyl sites for hydroxylation is 1. The summed E-state index contributed by atoms with van der Waals surface area (Å²) in [7, 11) is 0. The van der Waals surface area contributed by atoms with Gasteiger partial charge >= 0.3 is 0 Å². The summed E-state index contributed by atoms with van der Waals surface area (Å²) in [5.41, 5.74) is 3.12. The molecule has 1 heterocycles. The smallest absolute Gasteiger partial charge is 0.129 e. The average molecular weight is 222 g/mol. The predicted octanol–water partition coefficient (Wildman–Crippen LogP) is 2.73. The van der Waals surface area contributed by atoms with Crippen LogP contribution in [0.2, 0.25) is 5.15 Å². The molecule has 0 saturated heterocycles. The molecule has 0 amide bonds. The SMILES string of the molecule is Cc1cc(CCO)c2nc(Cl)ccc2c1. The van der Waals surface area contributed by atoms with Crippen LogP contribution in [0.25, 0.3) is 10.9 Å². The number of pyridine rings is 1. The Hall–Kier alpha value is -1.12. The highest BCUT2D eigenvalue weighted by Gasteiger charge is 2.04. The van der Waals surface area contributed by atoms with Crippen molar-refractivity contribution in [3.05, 3.63) is 40.5 Å². The predicted molar refractivity (Wildman–Crippen MR) is 62.3 cm³/mol. The van der Waals surface area contributed by atoms with Gasteiger partial charge in [-0.05, 0) is 37.1 Å². The molecule has 0 saturated carbocycles. The molecule has 2 aromatic rings. The molecule has 2 nitrogen and oxygen atoms in total. The minimum Gasteiger partial charge on any atom is -0.396 e. The Morgan fingerprint density at radius 3 is 2.87 bits per heavy atom. The minimum absolute atomic E-state index is 0.132. The van der Waals surface area contributed by atoms with Crippen molar-refractivity contribution in [2.75, 3.05) is 6.61 Å². The average Bonchev–Trinajstić information content (AvgIpc) is 2.19. The van der Waals surface area contributed by atoms with Gasteiger partial charge in [-0.3, -0.25) is 0 Å². The van der Waals surface area contributed by atoms with E-state index in [0.29, 0.717) is 11.6 Å². The number of hydrogen-bond acceptors (Lipinski definition) is 2. The van der Waals surface area contributed by atoms with Gasteiger partial charge in [-0.2, -0.15) is 0 Å². The largest absolute Gasteiger partial charge is 0.396 e. The highest BCUT2D eigenvalue weighted by molar-refractivity contribution is 6.29. The van der Waals surface area contributed by atoms with Crippen molar-refractivity contribution in [3.63, 3.8) is 0 Å². The number of nitrogens with zero attached hydrogens (tertiary/aromatic N) is 1. The van der Waals surface area contributed by atoms with E-state index < -0.39 is 0 Å². The van der Waals surface area contributed by atoms with Crippen molar-refractivity contribution in [1.29, 1.82) is 0 Å². The zero-order chi connectivity index (χ0) is 10.8. The van der Waals surface area contributed by atoms with E-state index in [0.717, 1.165) is 16.5 Å². The molecule has 2 rings (SSSR count). The molecule has 0 bridgehead atoms. The molecule has 1 N–H and O–H groups in total. The number of benzene rings is 1. The third-order valence-corrected chi connectivity index (χ3v) is 2.57. The zero-order valence-corrected chi connectivity index (χ0v) is 9.25. The summed E-state index contributed by atoms with van der Waals surface area (Å²) in [4.78, 5) is 4.29. The molecule has 0 spiro atoms. The van der Waals surface area contributed by atoms with Crippen molar-refractivity contribution >= 4 is 22.5 Å². The van der Waals surface area contributed by atoms with Gasteiger partial charge in [-0.15, -0.1) is 0 Å². The van der Waals surface area contributed by atoms with E-state index in [9.17, 15) is 0 Å². The lowest BCUT2D eigenvalue weighted by molar-refractivity contribution is 0.300. The molecule has 0 aliphatic rings. The van der Waals surface area contributed by atoms with Crippen molar-refractivity contribution in [3.8, 4) is 0 Å². The molecule has 78 valence electrons. The number of rotatable bonds is 2. The highest BCUT2D eigenvalue weighted by atomic mass is 35.5. The Labute approximate surface area is 93.5 Å². The van der Waals surface area contributed by atoms with Crippen LogP contribution in [0.15, 0.2) is 24.3 Å². The van der Waals surface area contributed by atoms with Crippen LogP contribution >= 0.6 is 11.6 Å². The van der Waals surface area contributed by atoms with E-state index in [1.807, 2.05) is 19.1 Å². The van der Waals surface area contributed by atoms with Crippen LogP contribution in [0.3, 0.4) is 0 Å². The van der Waals surface area contributed by atoms with Gasteiger partial charge in [0.05, 0.1) is 5.52 Å². The number of aromatic nitrogens is 1. The number of hydrogen-bond donors (Lipinski definition) is 1. The molecule has 0 radical (unpaired) electrons. The van der Waals surface area contributed by atoms with Crippen molar-refractivity contribution < 1.29 is 5.11 Å². The summed E-state index contributed by atoms with van der Waals surface area (Å²) in [6.07, 6.45) is 0.617. The van der Waals surface area contributed by atoms with Gasteiger partial charge in [0.25, 0.3) is 0 Å². The van der Waals surface area contributed by atoms with Gasteiger partial charge < -0.3 is 5.11 Å². The molecule has 0 unspecified atom stereocenters. The normalized spacial score (nSPS) is 10.9. The first-order chi connectivity index (χ1) is 7.20. The van der Waals surface area contributed by atoms with E-state index in [4.69, 9.17) is 16.7 Å². The molecule has 15 heavy (non-hydrogen) atoms. The van der Waals surface area contributed by atoms with E-state index in [1.54, 1.807) is 6.07 Å². The quantitative estimate of drug-likeness (QED) is 0.792. The number of aliphatic hydroxyl groups is 1. The van der Waals surface area contributed by atoms with Crippen molar-refractivity contribution in [1.82, 2.24) is 4.98 Å². The number of aliphatic hydroxyl groups excluding tert-OH is 1. The summed E-state index contributed by atoms with van der Waals surface area (Å²) >= 11 is 5.86. The fourth-order valence-electron chi connectivity index (χ4n) is 1.76. The second-order valence-electron chi connectivity index (χ2n) is 3.60. The first-order valence-electron chi connectivity index (χ1n) is 4.87. The van der Waals surface area contributed by atoms with E-state index in [2.05, 4.69) is 11.1 Å². The molecule has 1 aromatic carbocycles. The third kappa shape index (κ3) is 2.11. The van der Waals surface area contributed by atoms with E-state index >= 15 is 0 Å². The van der Waals surface area contributed by atoms with Gasteiger partial charge in [0.2, 0.25) is 0 Å². The Balaban J connectivity index is 2.70. The molecule has 0 fully saturated rings. The highest BCUT2D eigenvalue weighted by Crippen LogP contribution is 2.21. The topological polar surface area (TPSA) is 33.1 Å². The fraction of sp³-hybridized carbons (Fsp3) is 0.250. The lowest BCUT2D eigenvalue weighted by atomic mass is 10.0. The van der Waals surface area contributed by atoms with E-state index in [-0.39, 0.29) is 6.61 Å². The Morgan fingerprint density at radius 1 is 1.33 bits per heavy atom. The Kier molecular flexibility index (Phi) is 2.89. The number of halogens is 1. The summed E-state index contributed by atoms with van der Waals surface area (Å²) < 4.78 is 0. The van der Waals surface area contributed by atoms with Crippen LogP contribution in [0.1, 0.15) is 11.1 Å². The molecule has 0 aliphatic heterocycles. The van der Waals surface area contributed by atoms with Gasteiger partial charge in [-0.1, -0.05) is 23.2 Å². The lowest BCUT2D eigenvalue weighted by Gasteiger charge is -2.06. The van der Waals surface area contributed by atoms with E-state index in [1.165, 1.54) is 5.56 Å². The molecule has 3 heteroatoms. The Morgan fingerprint density at radius 2 is 2.13 bits per heavy atom. The lowest BCUT2D eigenvalue weighted by Crippen LogP contribution is -1.95. The third-order valence-electron chi connectivity index (χ3n) is 2.36. The van der Waals surface area contributed by atoms with Crippen molar-refractivity contribution in [2.45, 2.75) is 13.3 Å². The van der Waals surface area contributed by atoms with Crippen LogP contribution in [0, 0.1) is 6.92 Å². The first-order valence-corrected chi connectivity index (χ1v) is 5.25. The van der Waals surface area contributed by atoms with Crippen LogP contribution in [-0.4, -0.2) is 16.7 Å². The summed E-state index contributed by atoms with van der Waals surface area (Å²) in [6.45, 7) is 2.17. The molecule has 0 atom stereocenters. The summed E-state index contributed by atoms with van der Waals surface area (Å²) in [5.74, 6) is 0. The standard InChI is InChI=1S/C12H12ClNO/c1-8-6-9-2-3-11(13)14-12(9)10(7-8)4-5-15/h2-3,6-7,15H,4-5H2,1H3. The monoisotopic (exact) mass is 221 g/mol. The summed E-state index contributed by atoms with van der Waals surface area (Å²) in [5, 5.41) is 10.5. The van der Waals surface area contributed by atoms with Gasteiger partial charge in [0.15, 0.2) is 0 Å². The number of fused-ring (bicyclic) bond motifs is 1. The van der Waals surface area contributed by atoms with Gasteiger partial charge in [0.1, 0.15) is 5.15 Å². The van der Waals surface area contributed by atoms with Crippen LogP contribution in [0.5, 0.6) is 0 Å². The van der Waals surface area contributed by atoms with Gasteiger partial charge in [-0.25, -0.2) is 4.98 Å². The summed E-state index contributed by atoms with van der Waals surface area (Å²) in [6, 6.07) is 7.85. The van der Waals surface area contributed by atoms with Crippen LogP contribution in [-0.2, 0) is 6.42 Å². The van der Waals surface area contributed by atoms with Crippen molar-refractivity contribution in [2.24, 2.45) is 0 Å². The maximum absolute atomic E-state index is 8.98. The molecule has 0 aliphatic carbocycles. The maximum Gasteiger partial charge on any atom is 0.129 e. The first kappa shape index (κ1) is 10.4. The minimum atomic E-state index is 0.132. The molecule has 1 aromatic heterocycles. The second-order valence-corrected chi connectivity index (χ2v) is 3.99. The molecular weight excluding hydrogens is 210 g/mol. The van der Waals surface area contributed by atoms with Gasteiger partial charge in [0, 0.05) is 12.0 Å². The fourth-order valence-corrected chi connectivity index (χ4v) is 1.91. The second kappa shape index (κ2) is 4.17. The maximum atomic E-state index is 8.98. The van der Waals surface area contributed by atoms with Crippen LogP contribution in [0.4, 0.5) is 0 Å². The Bertz CT molecular complexity index is 496. The molecular formula is C12H12ClNO. The van der Waals surface area contributed by atoms with Crippen LogP contribution < -0.4 is 0 Å². The zero-order valence-electron chi connectivity index (χ0n) is 8.50.